The van der Waals surface area contributed by atoms with Crippen molar-refractivity contribution in [1.29, 1.82) is 0 Å². The molecule has 1 aliphatic rings. The van der Waals surface area contributed by atoms with Gasteiger partial charge in [0.05, 0.1) is 34.4 Å². The fourth-order valence-corrected chi connectivity index (χ4v) is 3.60. The molecule has 1 heterocycles. The van der Waals surface area contributed by atoms with Gasteiger partial charge in [-0.1, -0.05) is 13.0 Å². The summed E-state index contributed by atoms with van der Waals surface area (Å²) in [5.41, 5.74) is 1.00. The summed E-state index contributed by atoms with van der Waals surface area (Å²) in [6.45, 7) is 4.09. The first kappa shape index (κ1) is 21.7. The molecular formula is C20H31N3O5. The van der Waals surface area contributed by atoms with Crippen LogP contribution in [0.5, 0.6) is 17.2 Å². The Morgan fingerprint density at radius 2 is 1.86 bits per heavy atom. The normalized spacial score (nSPS) is 19.4. The summed E-state index contributed by atoms with van der Waals surface area (Å²) in [6, 6.07) is 3.84. The van der Waals surface area contributed by atoms with Crippen LogP contribution in [0, 0.1) is 11.8 Å². The summed E-state index contributed by atoms with van der Waals surface area (Å²) < 4.78 is 21.2. The number of rotatable bonds is 7. The van der Waals surface area contributed by atoms with Gasteiger partial charge in [0.1, 0.15) is 0 Å². The lowest BCUT2D eigenvalue weighted by Gasteiger charge is -2.22. The lowest BCUT2D eigenvalue weighted by Crippen LogP contribution is -2.41. The number of nitrogens with zero attached hydrogens (tertiary/aromatic N) is 2. The molecule has 1 N–H and O–H groups in total. The van der Waals surface area contributed by atoms with Crippen molar-refractivity contribution in [3.8, 4) is 17.2 Å². The molecule has 8 heteroatoms. The first-order chi connectivity index (χ1) is 13.5. The molecule has 1 aliphatic heterocycles. The molecular weight excluding hydrogens is 362 g/mol. The highest BCUT2D eigenvalue weighted by Crippen LogP contribution is 2.39. The number of nitrogens with one attached hydrogen (secondary N) is 1. The van der Waals surface area contributed by atoms with E-state index in [4.69, 9.17) is 18.9 Å². The Kier molecular flexibility index (Phi) is 7.78. The van der Waals surface area contributed by atoms with E-state index in [-0.39, 0.29) is 17.8 Å². The number of aliphatic imine (C=N–C) groups is 1. The highest BCUT2D eigenvalue weighted by molar-refractivity contribution is 5.82. The van der Waals surface area contributed by atoms with Gasteiger partial charge in [-0.05, 0) is 18.4 Å². The van der Waals surface area contributed by atoms with Crippen LogP contribution in [0.2, 0.25) is 0 Å². The van der Waals surface area contributed by atoms with Gasteiger partial charge < -0.3 is 29.2 Å². The van der Waals surface area contributed by atoms with Crippen molar-refractivity contribution >= 4 is 11.9 Å². The monoisotopic (exact) mass is 393 g/mol. The maximum Gasteiger partial charge on any atom is 0.310 e. The standard InChI is InChI=1S/C20H31N3O5/c1-13-11-23(12-15(13)19(24)28-6)20(21-2)22-10-9-14-7-8-16(25-3)18(27-5)17(14)26-4/h7-8,13,15H,9-12H2,1-6H3,(H,21,22). The summed E-state index contributed by atoms with van der Waals surface area (Å²) >= 11 is 0. The van der Waals surface area contributed by atoms with Crippen LogP contribution in [-0.2, 0) is 16.0 Å². The lowest BCUT2D eigenvalue weighted by atomic mass is 9.99. The zero-order chi connectivity index (χ0) is 20.7. The summed E-state index contributed by atoms with van der Waals surface area (Å²) in [5.74, 6) is 2.58. The first-order valence-corrected chi connectivity index (χ1v) is 9.31. The highest BCUT2D eigenvalue weighted by atomic mass is 16.5. The van der Waals surface area contributed by atoms with Crippen LogP contribution in [0.1, 0.15) is 12.5 Å². The molecule has 0 amide bonds. The number of hydrogen-bond acceptors (Lipinski definition) is 6. The lowest BCUT2D eigenvalue weighted by molar-refractivity contribution is -0.145. The van der Waals surface area contributed by atoms with Crippen LogP contribution < -0.4 is 19.5 Å². The van der Waals surface area contributed by atoms with E-state index in [1.807, 2.05) is 12.1 Å². The largest absolute Gasteiger partial charge is 0.493 e. The average molecular weight is 393 g/mol. The minimum atomic E-state index is -0.166. The van der Waals surface area contributed by atoms with Crippen molar-refractivity contribution in [2.75, 3.05) is 55.1 Å². The Balaban J connectivity index is 2.01. The van der Waals surface area contributed by atoms with Crippen LogP contribution in [0.4, 0.5) is 0 Å². The van der Waals surface area contributed by atoms with Crippen LogP contribution in [-0.4, -0.2) is 71.9 Å². The van der Waals surface area contributed by atoms with Crippen molar-refractivity contribution < 1.29 is 23.7 Å². The smallest absolute Gasteiger partial charge is 0.310 e. The molecule has 156 valence electrons. The maximum absolute atomic E-state index is 11.9. The Labute approximate surface area is 166 Å². The number of likely N-dealkylation sites (tertiary alicyclic amines) is 1. The van der Waals surface area contributed by atoms with Crippen LogP contribution in [0.15, 0.2) is 17.1 Å². The number of carbonyl (C=O) groups excluding carboxylic acids is 1. The second-order valence-corrected chi connectivity index (χ2v) is 6.73. The third kappa shape index (κ3) is 4.61. The Bertz CT molecular complexity index is 707. The highest BCUT2D eigenvalue weighted by Gasteiger charge is 2.36. The van der Waals surface area contributed by atoms with E-state index in [9.17, 15) is 4.79 Å². The minimum Gasteiger partial charge on any atom is -0.493 e. The third-order valence-electron chi connectivity index (χ3n) is 5.09. The first-order valence-electron chi connectivity index (χ1n) is 9.31. The number of methoxy groups -OCH3 is 4. The van der Waals surface area contributed by atoms with Gasteiger partial charge in [-0.25, -0.2) is 0 Å². The van der Waals surface area contributed by atoms with E-state index in [1.54, 1.807) is 28.4 Å². The van der Waals surface area contributed by atoms with E-state index >= 15 is 0 Å². The molecule has 0 radical (unpaired) electrons. The van der Waals surface area contributed by atoms with Crippen LogP contribution in [0.3, 0.4) is 0 Å². The predicted molar refractivity (Wildman–Crippen MR) is 107 cm³/mol. The van der Waals surface area contributed by atoms with E-state index < -0.39 is 0 Å². The van der Waals surface area contributed by atoms with Crippen molar-refractivity contribution in [3.63, 3.8) is 0 Å². The van der Waals surface area contributed by atoms with Gasteiger partial charge in [0.25, 0.3) is 0 Å². The second kappa shape index (κ2) is 10.1. The van der Waals surface area contributed by atoms with E-state index in [1.165, 1.54) is 7.11 Å². The van der Waals surface area contributed by atoms with Gasteiger partial charge in [-0.2, -0.15) is 0 Å². The van der Waals surface area contributed by atoms with Crippen molar-refractivity contribution in [3.05, 3.63) is 17.7 Å². The molecule has 0 bridgehead atoms. The molecule has 1 aromatic rings. The summed E-state index contributed by atoms with van der Waals surface area (Å²) in [4.78, 5) is 18.4. The van der Waals surface area contributed by atoms with Crippen molar-refractivity contribution in [2.24, 2.45) is 16.8 Å². The molecule has 28 heavy (non-hydrogen) atoms. The number of carbonyl (C=O) groups is 1. The summed E-state index contributed by atoms with van der Waals surface area (Å²) in [5, 5.41) is 3.37. The fraction of sp³-hybridized carbons (Fsp3) is 0.600. The van der Waals surface area contributed by atoms with Gasteiger partial charge in [0.15, 0.2) is 17.5 Å². The maximum atomic E-state index is 11.9. The fourth-order valence-electron chi connectivity index (χ4n) is 3.60. The van der Waals surface area contributed by atoms with E-state index in [0.29, 0.717) is 36.8 Å². The summed E-state index contributed by atoms with van der Waals surface area (Å²) in [6.07, 6.45) is 0.715. The molecule has 2 atom stereocenters. The molecule has 8 nitrogen and oxygen atoms in total. The molecule has 1 saturated heterocycles. The van der Waals surface area contributed by atoms with Gasteiger partial charge in [0, 0.05) is 32.2 Å². The number of benzene rings is 1. The number of esters is 1. The molecule has 1 fully saturated rings. The molecule has 0 aliphatic carbocycles. The predicted octanol–water partition coefficient (Wildman–Crippen LogP) is 1.57. The SMILES string of the molecule is CN=C(NCCc1ccc(OC)c(OC)c1OC)N1CC(C)C(C(=O)OC)C1. The zero-order valence-corrected chi connectivity index (χ0v) is 17.6. The topological polar surface area (TPSA) is 81.6 Å². The second-order valence-electron chi connectivity index (χ2n) is 6.73. The van der Waals surface area contributed by atoms with Crippen LogP contribution >= 0.6 is 0 Å². The van der Waals surface area contributed by atoms with E-state index in [2.05, 4.69) is 22.1 Å². The Morgan fingerprint density at radius 1 is 1.14 bits per heavy atom. The minimum absolute atomic E-state index is 0.130. The molecule has 0 spiro atoms. The number of ether oxygens (including phenoxy) is 4. The van der Waals surface area contributed by atoms with Gasteiger partial charge >= 0.3 is 5.97 Å². The van der Waals surface area contributed by atoms with Crippen LogP contribution in [0.25, 0.3) is 0 Å². The zero-order valence-electron chi connectivity index (χ0n) is 17.6. The molecule has 0 saturated carbocycles. The van der Waals surface area contributed by atoms with Crippen molar-refractivity contribution in [1.82, 2.24) is 10.2 Å². The number of guanidine groups is 1. The summed E-state index contributed by atoms with van der Waals surface area (Å²) in [7, 11) is 7.99. The molecule has 2 unspecified atom stereocenters. The Hall–Kier alpha value is -2.64. The van der Waals surface area contributed by atoms with Gasteiger partial charge in [-0.3, -0.25) is 9.79 Å². The quantitative estimate of drug-likeness (QED) is 0.428. The van der Waals surface area contributed by atoms with E-state index in [0.717, 1.165) is 18.1 Å². The third-order valence-corrected chi connectivity index (χ3v) is 5.09. The van der Waals surface area contributed by atoms with Gasteiger partial charge in [-0.15, -0.1) is 0 Å². The molecule has 1 aromatic carbocycles. The van der Waals surface area contributed by atoms with Crippen molar-refractivity contribution in [2.45, 2.75) is 13.3 Å². The molecule has 0 aromatic heterocycles. The Morgan fingerprint density at radius 3 is 2.43 bits per heavy atom. The number of hydrogen-bond donors (Lipinski definition) is 1. The molecule has 2 rings (SSSR count). The average Bonchev–Trinajstić information content (AvgIpc) is 3.11. The van der Waals surface area contributed by atoms with Gasteiger partial charge in [0.2, 0.25) is 5.75 Å².